The Morgan fingerprint density at radius 2 is 2.10 bits per heavy atom. The number of amides is 1. The monoisotopic (exact) mass is 285 g/mol. The van der Waals surface area contributed by atoms with Crippen LogP contribution in [0.5, 0.6) is 0 Å². The van der Waals surface area contributed by atoms with E-state index in [4.69, 9.17) is 14.6 Å². The van der Waals surface area contributed by atoms with Crippen molar-refractivity contribution in [3.05, 3.63) is 0 Å². The summed E-state index contributed by atoms with van der Waals surface area (Å²) in [7, 11) is 0. The van der Waals surface area contributed by atoms with Gasteiger partial charge in [-0.15, -0.1) is 0 Å². The maximum atomic E-state index is 12.0. The first kappa shape index (κ1) is 15.1. The summed E-state index contributed by atoms with van der Waals surface area (Å²) in [5, 5.41) is 8.81. The Hall–Kier alpha value is -1.30. The van der Waals surface area contributed by atoms with Crippen molar-refractivity contribution in [2.75, 3.05) is 13.1 Å². The summed E-state index contributed by atoms with van der Waals surface area (Å²) in [6.45, 7) is 6.74. The van der Waals surface area contributed by atoms with Crippen LogP contribution in [0.25, 0.3) is 0 Å². The minimum atomic E-state index is -0.836. The lowest BCUT2D eigenvalue weighted by molar-refractivity contribution is -0.140. The third-order valence-electron chi connectivity index (χ3n) is 3.65. The van der Waals surface area contributed by atoms with E-state index < -0.39 is 11.6 Å². The fourth-order valence-corrected chi connectivity index (χ4v) is 2.88. The van der Waals surface area contributed by atoms with E-state index in [1.165, 1.54) is 0 Å². The Labute approximate surface area is 119 Å². The Bertz CT molecular complexity index is 390. The van der Waals surface area contributed by atoms with Gasteiger partial charge in [-0.05, 0) is 33.6 Å². The van der Waals surface area contributed by atoms with E-state index in [0.717, 1.165) is 6.42 Å². The number of likely N-dealkylation sites (tertiary alicyclic amines) is 1. The molecule has 2 rings (SSSR count). The molecule has 6 heteroatoms. The highest BCUT2D eigenvalue weighted by Crippen LogP contribution is 2.34. The van der Waals surface area contributed by atoms with Gasteiger partial charge in [0.25, 0.3) is 0 Å². The number of ether oxygens (including phenoxy) is 2. The van der Waals surface area contributed by atoms with Crippen LogP contribution in [0.4, 0.5) is 4.79 Å². The van der Waals surface area contributed by atoms with E-state index in [-0.39, 0.29) is 30.6 Å². The van der Waals surface area contributed by atoms with E-state index in [1.54, 1.807) is 4.90 Å². The molecule has 1 amide bonds. The molecule has 1 N–H and O–H groups in total. The maximum Gasteiger partial charge on any atom is 0.410 e. The summed E-state index contributed by atoms with van der Waals surface area (Å²) in [5.41, 5.74) is -0.494. The molecule has 0 bridgehead atoms. The zero-order chi connectivity index (χ0) is 14.9. The number of carbonyl (C=O) groups is 2. The van der Waals surface area contributed by atoms with E-state index in [1.807, 2.05) is 20.8 Å². The minimum absolute atomic E-state index is 0.0411. The van der Waals surface area contributed by atoms with Gasteiger partial charge in [0.15, 0.2) is 0 Å². The first-order valence-electron chi connectivity index (χ1n) is 7.10. The van der Waals surface area contributed by atoms with E-state index in [2.05, 4.69) is 0 Å². The molecule has 0 aromatic carbocycles. The molecule has 0 aromatic rings. The number of aliphatic carboxylic acids is 1. The third kappa shape index (κ3) is 3.85. The minimum Gasteiger partial charge on any atom is -0.481 e. The summed E-state index contributed by atoms with van der Waals surface area (Å²) < 4.78 is 11.1. The van der Waals surface area contributed by atoms with Crippen LogP contribution < -0.4 is 0 Å². The molecule has 0 saturated carbocycles. The molecule has 2 heterocycles. The molecule has 0 radical (unpaired) electrons. The topological polar surface area (TPSA) is 76.1 Å². The van der Waals surface area contributed by atoms with Crippen LogP contribution in [0.3, 0.4) is 0 Å². The predicted octanol–water partition coefficient (Wildman–Crippen LogP) is 1.88. The van der Waals surface area contributed by atoms with Gasteiger partial charge in [0.1, 0.15) is 5.60 Å². The first-order valence-corrected chi connectivity index (χ1v) is 7.10. The Morgan fingerprint density at radius 1 is 1.40 bits per heavy atom. The van der Waals surface area contributed by atoms with Crippen molar-refractivity contribution in [3.63, 3.8) is 0 Å². The molecule has 2 aliphatic heterocycles. The van der Waals surface area contributed by atoms with E-state index in [0.29, 0.717) is 19.5 Å². The van der Waals surface area contributed by atoms with Gasteiger partial charge in [-0.2, -0.15) is 0 Å². The van der Waals surface area contributed by atoms with Crippen molar-refractivity contribution >= 4 is 12.1 Å². The van der Waals surface area contributed by atoms with Gasteiger partial charge in [-0.25, -0.2) is 4.79 Å². The molecule has 0 aromatic heterocycles. The molecule has 0 spiro atoms. The quantitative estimate of drug-likeness (QED) is 0.838. The van der Waals surface area contributed by atoms with Crippen molar-refractivity contribution in [1.82, 2.24) is 4.90 Å². The summed E-state index contributed by atoms with van der Waals surface area (Å²) >= 11 is 0. The second kappa shape index (κ2) is 5.60. The largest absolute Gasteiger partial charge is 0.481 e. The number of rotatable bonds is 2. The second-order valence-electron chi connectivity index (χ2n) is 6.61. The zero-order valence-corrected chi connectivity index (χ0v) is 12.3. The second-order valence-corrected chi connectivity index (χ2v) is 6.61. The van der Waals surface area contributed by atoms with Crippen LogP contribution in [-0.4, -0.2) is 53.0 Å². The fraction of sp³-hybridized carbons (Fsp3) is 0.857. The first-order chi connectivity index (χ1) is 9.24. The normalized spacial score (nSPS) is 29.9. The molecule has 0 unspecified atom stereocenters. The Kier molecular flexibility index (Phi) is 4.22. The SMILES string of the molecule is CC(C)(C)OC(=O)N1CC[C@@H]2O[C@@H](CC(=O)O)C[C@H]2C1. The molecule has 2 saturated heterocycles. The molecule has 2 aliphatic rings. The Morgan fingerprint density at radius 3 is 2.70 bits per heavy atom. The number of piperidine rings is 1. The number of carboxylic acids is 1. The third-order valence-corrected chi connectivity index (χ3v) is 3.65. The van der Waals surface area contributed by atoms with Crippen molar-refractivity contribution in [3.8, 4) is 0 Å². The van der Waals surface area contributed by atoms with Crippen molar-refractivity contribution in [1.29, 1.82) is 0 Å². The van der Waals surface area contributed by atoms with Gasteiger partial charge in [-0.1, -0.05) is 0 Å². The standard InChI is InChI=1S/C14H23NO5/c1-14(2,3)20-13(18)15-5-4-11-9(8-15)6-10(19-11)7-12(16)17/h9-11H,4-8H2,1-3H3,(H,16,17)/t9-,10+,11-/m0/s1. The lowest BCUT2D eigenvalue weighted by Crippen LogP contribution is -2.46. The lowest BCUT2D eigenvalue weighted by Gasteiger charge is -2.35. The van der Waals surface area contributed by atoms with E-state index in [9.17, 15) is 9.59 Å². The molecule has 114 valence electrons. The van der Waals surface area contributed by atoms with Gasteiger partial charge in [0, 0.05) is 19.0 Å². The van der Waals surface area contributed by atoms with Gasteiger partial charge in [-0.3, -0.25) is 4.79 Å². The lowest BCUT2D eigenvalue weighted by atomic mass is 9.92. The van der Waals surface area contributed by atoms with Crippen LogP contribution >= 0.6 is 0 Å². The number of hydrogen-bond acceptors (Lipinski definition) is 4. The van der Waals surface area contributed by atoms with Crippen molar-refractivity contribution < 1.29 is 24.2 Å². The highest BCUT2D eigenvalue weighted by Gasteiger charge is 2.41. The molecule has 20 heavy (non-hydrogen) atoms. The molecular formula is C14H23NO5. The highest BCUT2D eigenvalue weighted by molar-refractivity contribution is 5.68. The number of nitrogens with zero attached hydrogens (tertiary/aromatic N) is 1. The summed E-state index contributed by atoms with van der Waals surface area (Å²) in [6, 6.07) is 0. The fourth-order valence-electron chi connectivity index (χ4n) is 2.88. The van der Waals surface area contributed by atoms with Crippen molar-refractivity contribution in [2.24, 2.45) is 5.92 Å². The van der Waals surface area contributed by atoms with E-state index >= 15 is 0 Å². The van der Waals surface area contributed by atoms with Crippen LogP contribution in [0.15, 0.2) is 0 Å². The molecule has 6 nitrogen and oxygen atoms in total. The number of hydrogen-bond donors (Lipinski definition) is 1. The summed E-state index contributed by atoms with van der Waals surface area (Å²) in [4.78, 5) is 24.5. The average molecular weight is 285 g/mol. The van der Waals surface area contributed by atoms with Crippen LogP contribution in [0, 0.1) is 5.92 Å². The Balaban J connectivity index is 1.88. The van der Waals surface area contributed by atoms with Crippen molar-refractivity contribution in [2.45, 2.75) is 57.8 Å². The predicted molar refractivity (Wildman–Crippen MR) is 71.4 cm³/mol. The van der Waals surface area contributed by atoms with Crippen LogP contribution in [0.1, 0.15) is 40.0 Å². The maximum absolute atomic E-state index is 12.0. The van der Waals surface area contributed by atoms with Gasteiger partial charge >= 0.3 is 12.1 Å². The molecule has 3 atom stereocenters. The van der Waals surface area contributed by atoms with Gasteiger partial charge < -0.3 is 19.5 Å². The van der Waals surface area contributed by atoms with Crippen LogP contribution in [-0.2, 0) is 14.3 Å². The van der Waals surface area contributed by atoms with Gasteiger partial charge in [0.05, 0.1) is 18.6 Å². The summed E-state index contributed by atoms with van der Waals surface area (Å²) in [5.74, 6) is -0.613. The molecular weight excluding hydrogens is 262 g/mol. The zero-order valence-electron chi connectivity index (χ0n) is 12.3. The highest BCUT2D eigenvalue weighted by atomic mass is 16.6. The number of carbonyl (C=O) groups excluding carboxylic acids is 1. The average Bonchev–Trinajstić information content (AvgIpc) is 2.66. The number of carboxylic acid groups (broad SMARTS) is 1. The van der Waals surface area contributed by atoms with Gasteiger partial charge in [0.2, 0.25) is 0 Å². The summed E-state index contributed by atoms with van der Waals surface area (Å²) in [6.07, 6.45) is 1.06. The smallest absolute Gasteiger partial charge is 0.410 e. The number of fused-ring (bicyclic) bond motifs is 1. The molecule has 2 fully saturated rings. The molecule has 0 aliphatic carbocycles. The van der Waals surface area contributed by atoms with Crippen LogP contribution in [0.2, 0.25) is 0 Å².